The molecule has 0 heterocycles. The molecule has 0 radical (unpaired) electrons. The van der Waals surface area contributed by atoms with Crippen molar-refractivity contribution in [1.82, 2.24) is 0 Å². The van der Waals surface area contributed by atoms with E-state index in [9.17, 15) is 9.59 Å². The smallest absolute Gasteiger partial charge is 0.200 e. The Hall–Kier alpha value is -2.56. The molecule has 1 aliphatic rings. The summed E-state index contributed by atoms with van der Waals surface area (Å²) in [6.07, 6.45) is 5.01. The number of aromatic hydroxyl groups is 3. The first kappa shape index (κ1) is 12.5. The average Bonchev–Trinajstić information content (AvgIpc) is 2.31. The molecule has 0 fully saturated rings. The van der Waals surface area contributed by atoms with Gasteiger partial charge in [0.25, 0.3) is 0 Å². The topological polar surface area (TPSA) is 94.8 Å². The van der Waals surface area contributed by atoms with Crippen molar-refractivity contribution in [3.63, 3.8) is 0 Å². The number of carbonyl (C=O) groups is 2. The van der Waals surface area contributed by atoms with Crippen molar-refractivity contribution in [3.8, 4) is 17.2 Å². The third-order valence-corrected chi connectivity index (χ3v) is 1.82. The summed E-state index contributed by atoms with van der Waals surface area (Å²) in [7, 11) is 0. The molecule has 1 aromatic carbocycles. The second-order valence-corrected chi connectivity index (χ2v) is 3.12. The van der Waals surface area contributed by atoms with E-state index in [1.54, 1.807) is 0 Å². The molecule has 0 spiro atoms. The van der Waals surface area contributed by atoms with Gasteiger partial charge in [0.05, 0.1) is 0 Å². The molecule has 1 aromatic rings. The second-order valence-electron chi connectivity index (χ2n) is 3.12. The number of rotatable bonds is 0. The van der Waals surface area contributed by atoms with Gasteiger partial charge in [-0.05, 0) is 36.4 Å². The molecule has 5 nitrogen and oxygen atoms in total. The summed E-state index contributed by atoms with van der Waals surface area (Å²) in [6.45, 7) is 0. The van der Waals surface area contributed by atoms with Gasteiger partial charge in [0.1, 0.15) is 0 Å². The minimum Gasteiger partial charge on any atom is -0.504 e. The van der Waals surface area contributed by atoms with E-state index >= 15 is 0 Å². The standard InChI is InChI=1S/C6H6O3.C6H4O2/c7-4-2-1-3-5(8)6(4)9;7-5-1-2-6(8)4-3-5/h1-3,7-9H;1-4H. The molecule has 0 saturated carbocycles. The largest absolute Gasteiger partial charge is 0.504 e. The zero-order valence-electron chi connectivity index (χ0n) is 8.70. The molecule has 0 unspecified atom stereocenters. The van der Waals surface area contributed by atoms with Crippen LogP contribution < -0.4 is 0 Å². The van der Waals surface area contributed by atoms with Gasteiger partial charge in [0.2, 0.25) is 0 Å². The first-order valence-electron chi connectivity index (χ1n) is 4.64. The molecule has 0 saturated heterocycles. The van der Waals surface area contributed by atoms with Crippen molar-refractivity contribution in [2.24, 2.45) is 0 Å². The first-order valence-corrected chi connectivity index (χ1v) is 4.64. The molecule has 5 heteroatoms. The van der Waals surface area contributed by atoms with E-state index in [1.807, 2.05) is 0 Å². The van der Waals surface area contributed by atoms with Crippen molar-refractivity contribution in [3.05, 3.63) is 42.5 Å². The van der Waals surface area contributed by atoms with Crippen molar-refractivity contribution >= 4 is 11.6 Å². The minimum absolute atomic E-state index is 0.121. The Morgan fingerprint density at radius 2 is 1.06 bits per heavy atom. The predicted molar refractivity (Wildman–Crippen MR) is 59.7 cm³/mol. The third-order valence-electron chi connectivity index (χ3n) is 1.82. The van der Waals surface area contributed by atoms with E-state index in [-0.39, 0.29) is 23.1 Å². The zero-order valence-corrected chi connectivity index (χ0v) is 8.70. The Kier molecular flexibility index (Phi) is 4.05. The van der Waals surface area contributed by atoms with E-state index in [0.29, 0.717) is 0 Å². The second kappa shape index (κ2) is 5.50. The van der Waals surface area contributed by atoms with Crippen LogP contribution in [0.5, 0.6) is 17.2 Å². The highest BCUT2D eigenvalue weighted by atomic mass is 16.3. The van der Waals surface area contributed by atoms with Gasteiger partial charge in [-0.1, -0.05) is 6.07 Å². The lowest BCUT2D eigenvalue weighted by atomic mass is 10.2. The number of phenols is 3. The van der Waals surface area contributed by atoms with Gasteiger partial charge in [0, 0.05) is 0 Å². The fourth-order valence-electron chi connectivity index (χ4n) is 0.959. The Morgan fingerprint density at radius 3 is 1.35 bits per heavy atom. The molecule has 2 rings (SSSR count). The molecule has 0 aromatic heterocycles. The molecule has 0 aliphatic heterocycles. The summed E-state index contributed by atoms with van der Waals surface area (Å²) >= 11 is 0. The summed E-state index contributed by atoms with van der Waals surface area (Å²) in [4.78, 5) is 20.6. The maximum atomic E-state index is 10.3. The summed E-state index contributed by atoms with van der Waals surface area (Å²) in [6, 6.07) is 4.01. The Morgan fingerprint density at radius 1 is 0.706 bits per heavy atom. The van der Waals surface area contributed by atoms with Crippen LogP contribution in [0.25, 0.3) is 0 Å². The molecule has 0 atom stereocenters. The van der Waals surface area contributed by atoms with Gasteiger partial charge >= 0.3 is 0 Å². The van der Waals surface area contributed by atoms with Gasteiger partial charge in [-0.25, -0.2) is 0 Å². The molecule has 0 amide bonds. The highest BCUT2D eigenvalue weighted by Crippen LogP contribution is 2.32. The maximum Gasteiger partial charge on any atom is 0.200 e. The molecule has 88 valence electrons. The number of hydrogen-bond donors (Lipinski definition) is 3. The van der Waals surface area contributed by atoms with Gasteiger partial charge in [-0.15, -0.1) is 0 Å². The molecular formula is C12H10O5. The molecule has 3 N–H and O–H groups in total. The van der Waals surface area contributed by atoms with Crippen molar-refractivity contribution in [2.75, 3.05) is 0 Å². The molecular weight excluding hydrogens is 224 g/mol. The molecule has 1 aliphatic carbocycles. The van der Waals surface area contributed by atoms with Crippen LogP contribution in [0.4, 0.5) is 0 Å². The van der Waals surface area contributed by atoms with Crippen LogP contribution in [0, 0.1) is 0 Å². The summed E-state index contributed by atoms with van der Waals surface area (Å²) in [5.74, 6) is -1.34. The van der Waals surface area contributed by atoms with Crippen LogP contribution in [0.15, 0.2) is 42.5 Å². The number of ketones is 2. The van der Waals surface area contributed by atoms with Crippen LogP contribution in [-0.4, -0.2) is 26.9 Å². The summed E-state index contributed by atoms with van der Waals surface area (Å²) in [5.41, 5.74) is 0. The molecule has 0 bridgehead atoms. The quantitative estimate of drug-likeness (QED) is 0.460. The van der Waals surface area contributed by atoms with E-state index in [4.69, 9.17) is 15.3 Å². The first-order chi connectivity index (χ1) is 8.00. The normalized spacial score (nSPS) is 13.2. The van der Waals surface area contributed by atoms with Crippen LogP contribution in [0.2, 0.25) is 0 Å². The summed E-state index contributed by atoms with van der Waals surface area (Å²) in [5, 5.41) is 26.1. The average molecular weight is 234 g/mol. The highest BCUT2D eigenvalue weighted by molar-refractivity contribution is 6.14. The molecule has 17 heavy (non-hydrogen) atoms. The van der Waals surface area contributed by atoms with Crippen molar-refractivity contribution < 1.29 is 24.9 Å². The van der Waals surface area contributed by atoms with Gasteiger partial charge < -0.3 is 15.3 Å². The summed E-state index contributed by atoms with van der Waals surface area (Å²) < 4.78 is 0. The maximum absolute atomic E-state index is 10.3. The Bertz CT molecular complexity index is 441. The third kappa shape index (κ3) is 3.83. The number of benzene rings is 1. The predicted octanol–water partition coefficient (Wildman–Crippen LogP) is 1.05. The van der Waals surface area contributed by atoms with E-state index in [1.165, 1.54) is 42.5 Å². The monoisotopic (exact) mass is 234 g/mol. The van der Waals surface area contributed by atoms with Gasteiger partial charge in [-0.2, -0.15) is 0 Å². The van der Waals surface area contributed by atoms with E-state index in [2.05, 4.69) is 0 Å². The van der Waals surface area contributed by atoms with Crippen LogP contribution in [-0.2, 0) is 9.59 Å². The van der Waals surface area contributed by atoms with Crippen LogP contribution in [0.1, 0.15) is 0 Å². The SMILES string of the molecule is O=C1C=CC(=O)C=C1.Oc1cccc(O)c1O. The zero-order chi connectivity index (χ0) is 12.8. The number of allylic oxidation sites excluding steroid dienone is 4. The van der Waals surface area contributed by atoms with Gasteiger partial charge in [-0.3, -0.25) is 9.59 Å². The minimum atomic E-state index is -0.475. The van der Waals surface area contributed by atoms with Crippen LogP contribution in [0.3, 0.4) is 0 Å². The lowest BCUT2D eigenvalue weighted by molar-refractivity contribution is -0.113. The van der Waals surface area contributed by atoms with Crippen LogP contribution >= 0.6 is 0 Å². The fraction of sp³-hybridized carbons (Fsp3) is 0. The highest BCUT2D eigenvalue weighted by Gasteiger charge is 2.01. The number of para-hydroxylation sites is 1. The number of phenolic OH excluding ortho intramolecular Hbond substituents is 3. The lowest BCUT2D eigenvalue weighted by Gasteiger charge is -1.96. The number of hydrogen-bond acceptors (Lipinski definition) is 5. The van der Waals surface area contributed by atoms with Gasteiger partial charge in [0.15, 0.2) is 28.8 Å². The van der Waals surface area contributed by atoms with Crippen molar-refractivity contribution in [2.45, 2.75) is 0 Å². The number of carbonyl (C=O) groups excluding carboxylic acids is 2. The Labute approximate surface area is 96.9 Å². The van der Waals surface area contributed by atoms with Crippen molar-refractivity contribution in [1.29, 1.82) is 0 Å². The van der Waals surface area contributed by atoms with E-state index < -0.39 is 5.75 Å². The fourth-order valence-corrected chi connectivity index (χ4v) is 0.959. The van der Waals surface area contributed by atoms with E-state index in [0.717, 1.165) is 0 Å². The Balaban J connectivity index is 0.000000171. The lowest BCUT2D eigenvalue weighted by Crippen LogP contribution is -1.97.